The van der Waals surface area contributed by atoms with Crippen LogP contribution >= 0.6 is 0 Å². The Morgan fingerprint density at radius 1 is 0.920 bits per heavy atom. The molecule has 0 aromatic heterocycles. The summed E-state index contributed by atoms with van der Waals surface area (Å²) in [5.74, 6) is -0.629. The molecule has 6 N–H and O–H groups in total. The molecule has 146 valence electrons. The number of carbonyl (C=O) groups excluding carboxylic acids is 1. The van der Waals surface area contributed by atoms with Gasteiger partial charge in [0.2, 0.25) is 0 Å². The molecular weight excluding hydrogens is 344 g/mol. The van der Waals surface area contributed by atoms with Crippen LogP contribution in [0.15, 0.2) is 0 Å². The van der Waals surface area contributed by atoms with Gasteiger partial charge in [-0.15, -0.1) is 0 Å². The van der Waals surface area contributed by atoms with Crippen LogP contribution in [-0.2, 0) is 23.7 Å². The van der Waals surface area contributed by atoms with Gasteiger partial charge >= 0.3 is 5.97 Å². The summed E-state index contributed by atoms with van der Waals surface area (Å²) in [5.41, 5.74) is 0. The van der Waals surface area contributed by atoms with Crippen molar-refractivity contribution in [3.8, 4) is 0 Å². The molecule has 2 fully saturated rings. The zero-order valence-corrected chi connectivity index (χ0v) is 13.7. The normalized spacial score (nSPS) is 48.2. The van der Waals surface area contributed by atoms with Crippen LogP contribution in [-0.4, -0.2) is 105 Å². The van der Waals surface area contributed by atoms with Crippen molar-refractivity contribution < 1.29 is 54.4 Å². The number of hydrogen-bond acceptors (Lipinski definition) is 11. The summed E-state index contributed by atoms with van der Waals surface area (Å²) in [6, 6.07) is 0. The van der Waals surface area contributed by atoms with Crippen LogP contribution in [0.2, 0.25) is 0 Å². The molecule has 0 saturated carbocycles. The Kier molecular flexibility index (Phi) is 6.70. The fourth-order valence-corrected chi connectivity index (χ4v) is 2.73. The predicted octanol–water partition coefficient (Wildman–Crippen LogP) is -3.80. The lowest BCUT2D eigenvalue weighted by molar-refractivity contribution is -0.351. The van der Waals surface area contributed by atoms with Crippen LogP contribution in [0.5, 0.6) is 0 Å². The molecule has 0 aromatic carbocycles. The number of rotatable bonds is 4. The van der Waals surface area contributed by atoms with E-state index in [1.165, 1.54) is 6.92 Å². The Morgan fingerprint density at radius 3 is 2.16 bits per heavy atom. The molecule has 2 saturated heterocycles. The maximum Gasteiger partial charge on any atom is 0.302 e. The highest BCUT2D eigenvalue weighted by Gasteiger charge is 2.49. The van der Waals surface area contributed by atoms with E-state index in [-0.39, 0.29) is 6.61 Å². The van der Waals surface area contributed by atoms with E-state index in [0.29, 0.717) is 0 Å². The van der Waals surface area contributed by atoms with Crippen LogP contribution in [0.25, 0.3) is 0 Å². The summed E-state index contributed by atoms with van der Waals surface area (Å²) in [5, 5.41) is 59.0. The largest absolute Gasteiger partial charge is 0.463 e. The highest BCUT2D eigenvalue weighted by Crippen LogP contribution is 2.28. The Hall–Kier alpha value is -0.890. The van der Waals surface area contributed by atoms with Crippen LogP contribution in [0.4, 0.5) is 0 Å². The minimum Gasteiger partial charge on any atom is -0.463 e. The topological polar surface area (TPSA) is 175 Å². The molecule has 0 amide bonds. The molecule has 11 heteroatoms. The molecule has 0 spiro atoms. The van der Waals surface area contributed by atoms with Gasteiger partial charge in [-0.05, 0) is 6.92 Å². The number of hydrogen-bond donors (Lipinski definition) is 6. The fourth-order valence-electron chi connectivity index (χ4n) is 2.73. The molecule has 11 nitrogen and oxygen atoms in total. The molecule has 0 bridgehead atoms. The third kappa shape index (κ3) is 4.45. The van der Waals surface area contributed by atoms with Gasteiger partial charge < -0.3 is 49.6 Å². The van der Waals surface area contributed by atoms with Crippen LogP contribution in [0.1, 0.15) is 13.8 Å². The number of carbonyl (C=O) groups is 1. The van der Waals surface area contributed by atoms with Crippen molar-refractivity contribution in [2.45, 2.75) is 75.3 Å². The third-order valence-corrected chi connectivity index (χ3v) is 4.21. The van der Waals surface area contributed by atoms with E-state index >= 15 is 0 Å². The lowest BCUT2D eigenvalue weighted by Gasteiger charge is -2.45. The Balaban J connectivity index is 2.07. The summed E-state index contributed by atoms with van der Waals surface area (Å²) in [6.45, 7) is 2.22. The number of ether oxygens (including phenoxy) is 4. The summed E-state index contributed by atoms with van der Waals surface area (Å²) in [7, 11) is 0. The molecule has 10 atom stereocenters. The van der Waals surface area contributed by atoms with Gasteiger partial charge in [0.05, 0.1) is 6.10 Å². The van der Waals surface area contributed by atoms with Crippen LogP contribution < -0.4 is 0 Å². The van der Waals surface area contributed by atoms with Crippen LogP contribution in [0.3, 0.4) is 0 Å². The Morgan fingerprint density at radius 2 is 1.56 bits per heavy atom. The second-order valence-corrected chi connectivity index (χ2v) is 6.13. The standard InChI is InChI=1S/C14H24O11/c1-4-12(9(18)10(19)13(21)23-4)25-14-11(20)8(17)7(16)6(24-14)3-22-5(2)15/h4,6-14,16-21H,3H2,1-2H3/t4-,6+,7+,8-,9-,10+,11+,12-,13+,14-/m0/s1. The number of aliphatic hydroxyl groups excluding tert-OH is 6. The van der Waals surface area contributed by atoms with E-state index in [0.717, 1.165) is 6.92 Å². The molecule has 0 unspecified atom stereocenters. The zero-order chi connectivity index (χ0) is 18.9. The van der Waals surface area contributed by atoms with Crippen molar-refractivity contribution in [3.63, 3.8) is 0 Å². The van der Waals surface area contributed by atoms with E-state index in [1.54, 1.807) is 0 Å². The zero-order valence-electron chi connectivity index (χ0n) is 13.7. The monoisotopic (exact) mass is 368 g/mol. The summed E-state index contributed by atoms with van der Waals surface area (Å²) in [6.07, 6.45) is -14.4. The number of aliphatic hydroxyl groups is 6. The first-order chi connectivity index (χ1) is 11.6. The third-order valence-electron chi connectivity index (χ3n) is 4.21. The summed E-state index contributed by atoms with van der Waals surface area (Å²) < 4.78 is 20.5. The van der Waals surface area contributed by atoms with Gasteiger partial charge in [-0.25, -0.2) is 0 Å². The maximum atomic E-state index is 10.9. The lowest BCUT2D eigenvalue weighted by atomic mass is 9.97. The quantitative estimate of drug-likeness (QED) is 0.268. The van der Waals surface area contributed by atoms with E-state index < -0.39 is 67.4 Å². The van der Waals surface area contributed by atoms with Gasteiger partial charge in [0.25, 0.3) is 0 Å². The van der Waals surface area contributed by atoms with Gasteiger partial charge in [0.1, 0.15) is 49.3 Å². The molecule has 2 heterocycles. The van der Waals surface area contributed by atoms with Crippen molar-refractivity contribution in [3.05, 3.63) is 0 Å². The summed E-state index contributed by atoms with van der Waals surface area (Å²) in [4.78, 5) is 10.9. The Bertz CT molecular complexity index is 460. The Labute approximate surface area is 143 Å². The van der Waals surface area contributed by atoms with Gasteiger partial charge in [-0.1, -0.05) is 0 Å². The average molecular weight is 368 g/mol. The van der Waals surface area contributed by atoms with Gasteiger partial charge in [0.15, 0.2) is 12.6 Å². The molecule has 2 aliphatic heterocycles. The van der Waals surface area contributed by atoms with E-state index in [1.807, 2.05) is 0 Å². The lowest BCUT2D eigenvalue weighted by Crippen LogP contribution is -2.63. The smallest absolute Gasteiger partial charge is 0.302 e. The van der Waals surface area contributed by atoms with Crippen molar-refractivity contribution in [2.75, 3.05) is 6.61 Å². The molecular formula is C14H24O11. The molecule has 0 aromatic rings. The number of esters is 1. The predicted molar refractivity (Wildman–Crippen MR) is 76.8 cm³/mol. The van der Waals surface area contributed by atoms with E-state index in [9.17, 15) is 35.4 Å². The van der Waals surface area contributed by atoms with Gasteiger partial charge in [-0.2, -0.15) is 0 Å². The van der Waals surface area contributed by atoms with Gasteiger partial charge in [-0.3, -0.25) is 4.79 Å². The van der Waals surface area contributed by atoms with E-state index in [4.69, 9.17) is 18.9 Å². The van der Waals surface area contributed by atoms with Crippen molar-refractivity contribution in [2.24, 2.45) is 0 Å². The average Bonchev–Trinajstić information content (AvgIpc) is 2.55. The molecule has 2 aliphatic rings. The molecule has 0 radical (unpaired) electrons. The van der Waals surface area contributed by atoms with Crippen LogP contribution in [0, 0.1) is 0 Å². The van der Waals surface area contributed by atoms with Crippen molar-refractivity contribution >= 4 is 5.97 Å². The SMILES string of the molecule is CC(=O)OC[C@H]1O[C@@H](O[C@@H]2[C@@H](O)[C@@H](O)[C@H](O)O[C@H]2C)[C@H](O)[C@@H](O)[C@@H]1O. The minimum atomic E-state index is -1.67. The molecule has 0 aliphatic carbocycles. The van der Waals surface area contributed by atoms with Crippen molar-refractivity contribution in [1.29, 1.82) is 0 Å². The van der Waals surface area contributed by atoms with E-state index in [2.05, 4.69) is 0 Å². The second-order valence-electron chi connectivity index (χ2n) is 6.13. The highest BCUT2D eigenvalue weighted by atomic mass is 16.7. The minimum absolute atomic E-state index is 0.388. The first-order valence-corrected chi connectivity index (χ1v) is 7.81. The summed E-state index contributed by atoms with van der Waals surface area (Å²) >= 11 is 0. The highest BCUT2D eigenvalue weighted by molar-refractivity contribution is 5.65. The van der Waals surface area contributed by atoms with Gasteiger partial charge in [0, 0.05) is 6.92 Å². The molecule has 2 rings (SSSR count). The van der Waals surface area contributed by atoms with Crippen molar-refractivity contribution in [1.82, 2.24) is 0 Å². The second kappa shape index (κ2) is 8.20. The maximum absolute atomic E-state index is 10.9. The first-order valence-electron chi connectivity index (χ1n) is 7.81. The molecule has 25 heavy (non-hydrogen) atoms. The fraction of sp³-hybridized carbons (Fsp3) is 0.929. The first kappa shape index (κ1) is 20.4.